The zero-order valence-electron chi connectivity index (χ0n) is 9.08. The zero-order chi connectivity index (χ0) is 12.1. The second-order valence-electron chi connectivity index (χ2n) is 3.70. The van der Waals surface area contributed by atoms with E-state index in [0.29, 0.717) is 16.0 Å². The first kappa shape index (κ1) is 13.8. The molecule has 0 saturated carbocycles. The van der Waals surface area contributed by atoms with Crippen LogP contribution in [0, 0.1) is 5.82 Å². The van der Waals surface area contributed by atoms with Gasteiger partial charge in [0.25, 0.3) is 0 Å². The van der Waals surface area contributed by atoms with Crippen LogP contribution in [0.1, 0.15) is 18.9 Å². The van der Waals surface area contributed by atoms with Crippen molar-refractivity contribution in [3.63, 3.8) is 0 Å². The van der Waals surface area contributed by atoms with Crippen molar-refractivity contribution in [1.82, 2.24) is 0 Å². The molecule has 0 aliphatic rings. The van der Waals surface area contributed by atoms with Crippen LogP contribution in [0.25, 0.3) is 0 Å². The molecule has 90 valence electrons. The van der Waals surface area contributed by atoms with Crippen molar-refractivity contribution in [2.45, 2.75) is 25.1 Å². The molecule has 1 rings (SSSR count). The van der Waals surface area contributed by atoms with E-state index in [1.165, 1.54) is 12.1 Å². The summed E-state index contributed by atoms with van der Waals surface area (Å²) < 4.78 is 25.4. The summed E-state index contributed by atoms with van der Waals surface area (Å²) in [5.74, 6) is 0.496. The average molecular weight is 308 g/mol. The molecule has 0 aliphatic carbocycles. The van der Waals surface area contributed by atoms with Gasteiger partial charge in [0.15, 0.2) is 0 Å². The zero-order valence-corrected chi connectivity index (χ0v) is 11.5. The van der Waals surface area contributed by atoms with Crippen LogP contribution < -0.4 is 5.73 Å². The number of hydrogen-bond donors (Lipinski definition) is 1. The van der Waals surface area contributed by atoms with E-state index >= 15 is 0 Å². The molecule has 2 atom stereocenters. The van der Waals surface area contributed by atoms with Crippen molar-refractivity contribution < 1.29 is 8.60 Å². The Hall–Kier alpha value is -0.260. The Bertz CT molecular complexity index is 366. The summed E-state index contributed by atoms with van der Waals surface area (Å²) in [6, 6.07) is 4.51. The van der Waals surface area contributed by atoms with E-state index < -0.39 is 10.8 Å². The Morgan fingerprint density at radius 3 is 2.75 bits per heavy atom. The van der Waals surface area contributed by atoms with Crippen LogP contribution >= 0.6 is 15.9 Å². The third kappa shape index (κ3) is 4.72. The molecule has 2 unspecified atom stereocenters. The highest BCUT2D eigenvalue weighted by Crippen LogP contribution is 2.16. The van der Waals surface area contributed by atoms with Gasteiger partial charge < -0.3 is 5.73 Å². The average Bonchev–Trinajstić information content (AvgIpc) is 2.15. The highest BCUT2D eigenvalue weighted by Gasteiger charge is 2.08. The standard InChI is InChI=1S/C11H15BrFNOS/c1-2-11(14)7-16(15)6-8-3-9(12)5-10(13)4-8/h3-5,11H,2,6-7,14H2,1H3. The van der Waals surface area contributed by atoms with Gasteiger partial charge in [-0.1, -0.05) is 22.9 Å². The highest BCUT2D eigenvalue weighted by molar-refractivity contribution is 9.10. The van der Waals surface area contributed by atoms with Gasteiger partial charge in [0.05, 0.1) is 0 Å². The molecule has 16 heavy (non-hydrogen) atoms. The van der Waals surface area contributed by atoms with E-state index in [9.17, 15) is 8.60 Å². The molecule has 2 N–H and O–H groups in total. The molecule has 5 heteroatoms. The fourth-order valence-electron chi connectivity index (χ4n) is 1.30. The molecule has 0 amide bonds. The van der Waals surface area contributed by atoms with Gasteiger partial charge in [0.2, 0.25) is 0 Å². The fraction of sp³-hybridized carbons (Fsp3) is 0.455. The second kappa shape index (κ2) is 6.47. The lowest BCUT2D eigenvalue weighted by Gasteiger charge is -2.08. The van der Waals surface area contributed by atoms with E-state index in [0.717, 1.165) is 12.0 Å². The van der Waals surface area contributed by atoms with Gasteiger partial charge in [-0.05, 0) is 30.2 Å². The van der Waals surface area contributed by atoms with Crippen LogP contribution in [0.5, 0.6) is 0 Å². The van der Waals surface area contributed by atoms with Crippen LogP contribution in [0.2, 0.25) is 0 Å². The lowest BCUT2D eigenvalue weighted by Crippen LogP contribution is -2.26. The van der Waals surface area contributed by atoms with E-state index in [2.05, 4.69) is 15.9 Å². The van der Waals surface area contributed by atoms with E-state index in [4.69, 9.17) is 5.73 Å². The largest absolute Gasteiger partial charge is 0.327 e. The van der Waals surface area contributed by atoms with Gasteiger partial charge in [-0.15, -0.1) is 0 Å². The van der Waals surface area contributed by atoms with Crippen molar-refractivity contribution >= 4 is 26.7 Å². The molecule has 2 nitrogen and oxygen atoms in total. The third-order valence-electron chi connectivity index (χ3n) is 2.17. The van der Waals surface area contributed by atoms with Crippen LogP contribution in [0.4, 0.5) is 4.39 Å². The Labute approximate surface area is 106 Å². The summed E-state index contributed by atoms with van der Waals surface area (Å²) in [6.45, 7) is 1.96. The molecule has 0 bridgehead atoms. The predicted molar refractivity (Wildman–Crippen MR) is 69.1 cm³/mol. The minimum atomic E-state index is -1.03. The fourth-order valence-corrected chi connectivity index (χ4v) is 3.18. The highest BCUT2D eigenvalue weighted by atomic mass is 79.9. The number of halogens is 2. The predicted octanol–water partition coefficient (Wildman–Crippen LogP) is 2.57. The number of benzene rings is 1. The lowest BCUT2D eigenvalue weighted by molar-refractivity contribution is 0.625. The van der Waals surface area contributed by atoms with Crippen molar-refractivity contribution in [1.29, 1.82) is 0 Å². The van der Waals surface area contributed by atoms with Crippen molar-refractivity contribution in [2.24, 2.45) is 5.73 Å². The monoisotopic (exact) mass is 307 g/mol. The Morgan fingerprint density at radius 1 is 1.50 bits per heavy atom. The Balaban J connectivity index is 2.62. The Morgan fingerprint density at radius 2 is 2.19 bits per heavy atom. The molecule has 1 aromatic carbocycles. The Kier molecular flexibility index (Phi) is 5.58. The van der Waals surface area contributed by atoms with E-state index in [1.807, 2.05) is 6.92 Å². The number of nitrogens with two attached hydrogens (primary N) is 1. The van der Waals surface area contributed by atoms with Gasteiger partial charge in [0, 0.05) is 32.8 Å². The normalized spacial score (nSPS) is 14.8. The third-order valence-corrected chi connectivity index (χ3v) is 4.09. The molecule has 0 aromatic heterocycles. The minimum absolute atomic E-state index is 0.0437. The maximum absolute atomic E-state index is 13.1. The van der Waals surface area contributed by atoms with Crippen LogP contribution in [-0.2, 0) is 16.6 Å². The second-order valence-corrected chi connectivity index (χ2v) is 6.11. The molecule has 0 fully saturated rings. The molecule has 0 heterocycles. The number of hydrogen-bond acceptors (Lipinski definition) is 2. The molecule has 0 radical (unpaired) electrons. The summed E-state index contributed by atoms with van der Waals surface area (Å²) in [5.41, 5.74) is 6.44. The molecule has 0 spiro atoms. The first-order valence-electron chi connectivity index (χ1n) is 5.06. The molecular weight excluding hydrogens is 293 g/mol. The van der Waals surface area contributed by atoms with Gasteiger partial charge in [-0.3, -0.25) is 4.21 Å². The van der Waals surface area contributed by atoms with Crippen molar-refractivity contribution in [2.75, 3.05) is 5.75 Å². The first-order chi connectivity index (χ1) is 7.51. The van der Waals surface area contributed by atoms with Crippen molar-refractivity contribution in [3.8, 4) is 0 Å². The summed E-state index contributed by atoms with van der Waals surface area (Å²) >= 11 is 3.20. The van der Waals surface area contributed by atoms with Gasteiger partial charge >= 0.3 is 0 Å². The first-order valence-corrected chi connectivity index (χ1v) is 7.35. The van der Waals surface area contributed by atoms with Crippen LogP contribution in [0.3, 0.4) is 0 Å². The van der Waals surface area contributed by atoms with E-state index in [1.54, 1.807) is 6.07 Å². The number of rotatable bonds is 5. The molecular formula is C11H15BrFNOS. The van der Waals surface area contributed by atoms with Gasteiger partial charge in [0.1, 0.15) is 5.82 Å². The quantitative estimate of drug-likeness (QED) is 0.908. The lowest BCUT2D eigenvalue weighted by atomic mass is 10.2. The molecule has 0 saturated heterocycles. The van der Waals surface area contributed by atoms with Crippen LogP contribution in [0.15, 0.2) is 22.7 Å². The summed E-state index contributed by atoms with van der Waals surface area (Å²) in [7, 11) is -1.03. The van der Waals surface area contributed by atoms with Gasteiger partial charge in [-0.2, -0.15) is 0 Å². The summed E-state index contributed by atoms with van der Waals surface area (Å²) in [4.78, 5) is 0. The summed E-state index contributed by atoms with van der Waals surface area (Å²) in [5, 5.41) is 0. The maximum Gasteiger partial charge on any atom is 0.124 e. The summed E-state index contributed by atoms with van der Waals surface area (Å²) in [6.07, 6.45) is 0.804. The van der Waals surface area contributed by atoms with Crippen LogP contribution in [-0.4, -0.2) is 16.0 Å². The SMILES string of the molecule is CCC(N)CS(=O)Cc1cc(F)cc(Br)c1. The molecule has 1 aromatic rings. The van der Waals surface area contributed by atoms with E-state index in [-0.39, 0.29) is 11.9 Å². The topological polar surface area (TPSA) is 43.1 Å². The smallest absolute Gasteiger partial charge is 0.124 e. The van der Waals surface area contributed by atoms with Gasteiger partial charge in [-0.25, -0.2) is 4.39 Å². The molecule has 0 aliphatic heterocycles. The maximum atomic E-state index is 13.1. The minimum Gasteiger partial charge on any atom is -0.327 e. The van der Waals surface area contributed by atoms with Crippen molar-refractivity contribution in [3.05, 3.63) is 34.1 Å².